The SMILES string of the molecule is CC1CNCC(C(=O)NCC2CN(C)CCO2)C1. The first kappa shape index (κ1) is 13.8. The molecule has 5 heteroatoms. The molecule has 2 rings (SSSR count). The summed E-state index contributed by atoms with van der Waals surface area (Å²) in [5.41, 5.74) is 0. The summed E-state index contributed by atoms with van der Waals surface area (Å²) in [4.78, 5) is 14.3. The van der Waals surface area contributed by atoms with E-state index in [9.17, 15) is 4.79 Å². The van der Waals surface area contributed by atoms with Gasteiger partial charge in [0.2, 0.25) is 5.91 Å². The van der Waals surface area contributed by atoms with Crippen LogP contribution < -0.4 is 10.6 Å². The molecule has 0 aromatic heterocycles. The van der Waals surface area contributed by atoms with Gasteiger partial charge in [0.1, 0.15) is 0 Å². The number of likely N-dealkylation sites (N-methyl/N-ethyl adjacent to an activating group) is 1. The predicted molar refractivity (Wildman–Crippen MR) is 70.4 cm³/mol. The fourth-order valence-corrected chi connectivity index (χ4v) is 2.71. The second-order valence-corrected chi connectivity index (χ2v) is 5.70. The number of morpholine rings is 1. The van der Waals surface area contributed by atoms with E-state index in [0.29, 0.717) is 12.5 Å². The molecule has 0 bridgehead atoms. The van der Waals surface area contributed by atoms with E-state index in [-0.39, 0.29) is 17.9 Å². The van der Waals surface area contributed by atoms with Crippen molar-refractivity contribution in [1.82, 2.24) is 15.5 Å². The fourth-order valence-electron chi connectivity index (χ4n) is 2.71. The third-order valence-corrected chi connectivity index (χ3v) is 3.79. The molecule has 0 aliphatic carbocycles. The number of nitrogens with zero attached hydrogens (tertiary/aromatic N) is 1. The fraction of sp³-hybridized carbons (Fsp3) is 0.923. The molecule has 1 amide bonds. The van der Waals surface area contributed by atoms with Crippen LogP contribution in [0.2, 0.25) is 0 Å². The first-order chi connectivity index (χ1) is 8.65. The number of hydrogen-bond donors (Lipinski definition) is 2. The molecule has 5 nitrogen and oxygen atoms in total. The van der Waals surface area contributed by atoms with Gasteiger partial charge in [-0.05, 0) is 25.9 Å². The zero-order valence-corrected chi connectivity index (χ0v) is 11.4. The van der Waals surface area contributed by atoms with Crippen LogP contribution in [0.4, 0.5) is 0 Å². The van der Waals surface area contributed by atoms with E-state index in [1.165, 1.54) is 0 Å². The van der Waals surface area contributed by atoms with Crippen LogP contribution in [0.25, 0.3) is 0 Å². The van der Waals surface area contributed by atoms with Crippen molar-refractivity contribution in [3.8, 4) is 0 Å². The Morgan fingerprint density at radius 3 is 3.06 bits per heavy atom. The molecule has 2 aliphatic heterocycles. The van der Waals surface area contributed by atoms with Gasteiger partial charge >= 0.3 is 0 Å². The van der Waals surface area contributed by atoms with Gasteiger partial charge in [-0.1, -0.05) is 6.92 Å². The normalized spacial score (nSPS) is 34.2. The van der Waals surface area contributed by atoms with Crippen molar-refractivity contribution in [3.05, 3.63) is 0 Å². The first-order valence-corrected chi connectivity index (χ1v) is 6.93. The van der Waals surface area contributed by atoms with Gasteiger partial charge in [-0.2, -0.15) is 0 Å². The number of hydrogen-bond acceptors (Lipinski definition) is 4. The highest BCUT2D eigenvalue weighted by molar-refractivity contribution is 5.79. The van der Waals surface area contributed by atoms with Gasteiger partial charge in [0.05, 0.1) is 18.6 Å². The molecule has 2 saturated heterocycles. The van der Waals surface area contributed by atoms with Crippen LogP contribution in [0.5, 0.6) is 0 Å². The quantitative estimate of drug-likeness (QED) is 0.726. The topological polar surface area (TPSA) is 53.6 Å². The highest BCUT2D eigenvalue weighted by atomic mass is 16.5. The average Bonchev–Trinajstić information content (AvgIpc) is 2.36. The van der Waals surface area contributed by atoms with Crippen molar-refractivity contribution in [2.24, 2.45) is 11.8 Å². The van der Waals surface area contributed by atoms with Gasteiger partial charge in [0.25, 0.3) is 0 Å². The summed E-state index contributed by atoms with van der Waals surface area (Å²) < 4.78 is 5.64. The number of piperidine rings is 1. The molecule has 0 saturated carbocycles. The Kier molecular flexibility index (Phi) is 4.97. The molecular weight excluding hydrogens is 230 g/mol. The summed E-state index contributed by atoms with van der Waals surface area (Å²) in [7, 11) is 2.09. The maximum Gasteiger partial charge on any atom is 0.224 e. The molecular formula is C13H25N3O2. The summed E-state index contributed by atoms with van der Waals surface area (Å²) in [6, 6.07) is 0. The minimum absolute atomic E-state index is 0.120. The van der Waals surface area contributed by atoms with Crippen LogP contribution in [0, 0.1) is 11.8 Å². The lowest BCUT2D eigenvalue weighted by atomic mass is 9.91. The monoisotopic (exact) mass is 255 g/mol. The van der Waals surface area contributed by atoms with Crippen LogP contribution >= 0.6 is 0 Å². The number of nitrogens with one attached hydrogen (secondary N) is 2. The molecule has 2 aliphatic rings. The lowest BCUT2D eigenvalue weighted by Gasteiger charge is -2.31. The highest BCUT2D eigenvalue weighted by Crippen LogP contribution is 2.15. The number of ether oxygens (including phenoxy) is 1. The van der Waals surface area contributed by atoms with E-state index >= 15 is 0 Å². The Morgan fingerprint density at radius 1 is 1.50 bits per heavy atom. The molecule has 3 unspecified atom stereocenters. The van der Waals surface area contributed by atoms with Crippen LogP contribution in [0.3, 0.4) is 0 Å². The van der Waals surface area contributed by atoms with E-state index in [1.807, 2.05) is 0 Å². The zero-order chi connectivity index (χ0) is 13.0. The number of carbonyl (C=O) groups is 1. The Morgan fingerprint density at radius 2 is 2.33 bits per heavy atom. The van der Waals surface area contributed by atoms with E-state index in [2.05, 4.69) is 29.5 Å². The molecule has 2 fully saturated rings. The van der Waals surface area contributed by atoms with E-state index in [0.717, 1.165) is 39.2 Å². The molecule has 2 N–H and O–H groups in total. The van der Waals surface area contributed by atoms with E-state index in [4.69, 9.17) is 4.74 Å². The maximum atomic E-state index is 12.0. The number of rotatable bonds is 3. The van der Waals surface area contributed by atoms with Crippen molar-refractivity contribution in [2.75, 3.05) is 46.4 Å². The summed E-state index contributed by atoms with van der Waals surface area (Å²) >= 11 is 0. The number of amides is 1. The largest absolute Gasteiger partial charge is 0.374 e. The van der Waals surface area contributed by atoms with Crippen molar-refractivity contribution >= 4 is 5.91 Å². The van der Waals surface area contributed by atoms with Gasteiger partial charge in [0, 0.05) is 26.2 Å². The third kappa shape index (κ3) is 3.93. The summed E-state index contributed by atoms with van der Waals surface area (Å²) in [5, 5.41) is 6.34. The smallest absolute Gasteiger partial charge is 0.224 e. The molecule has 104 valence electrons. The lowest BCUT2D eigenvalue weighted by Crippen LogP contribution is -2.49. The molecule has 0 aromatic carbocycles. The van der Waals surface area contributed by atoms with Gasteiger partial charge in [-0.25, -0.2) is 0 Å². The maximum absolute atomic E-state index is 12.0. The molecule has 0 radical (unpaired) electrons. The van der Waals surface area contributed by atoms with E-state index in [1.54, 1.807) is 0 Å². The Bertz CT molecular complexity index is 285. The van der Waals surface area contributed by atoms with Gasteiger partial charge in [-0.15, -0.1) is 0 Å². The lowest BCUT2D eigenvalue weighted by molar-refractivity contribution is -0.127. The van der Waals surface area contributed by atoms with E-state index < -0.39 is 0 Å². The summed E-state index contributed by atoms with van der Waals surface area (Å²) in [6.07, 6.45) is 1.13. The predicted octanol–water partition coefficient (Wildman–Crippen LogP) is -0.321. The van der Waals surface area contributed by atoms with Crippen molar-refractivity contribution in [1.29, 1.82) is 0 Å². The summed E-state index contributed by atoms with van der Waals surface area (Å²) in [5.74, 6) is 0.882. The van der Waals surface area contributed by atoms with Gasteiger partial charge in [0.15, 0.2) is 0 Å². The van der Waals surface area contributed by atoms with Gasteiger partial charge < -0.3 is 20.3 Å². The molecule has 2 heterocycles. The second kappa shape index (κ2) is 6.50. The van der Waals surface area contributed by atoms with Crippen LogP contribution in [-0.4, -0.2) is 63.3 Å². The minimum atomic E-state index is 0.120. The van der Waals surface area contributed by atoms with Crippen LogP contribution in [0.15, 0.2) is 0 Å². The second-order valence-electron chi connectivity index (χ2n) is 5.70. The number of carbonyl (C=O) groups excluding carboxylic acids is 1. The zero-order valence-electron chi connectivity index (χ0n) is 11.4. The Hall–Kier alpha value is -0.650. The minimum Gasteiger partial charge on any atom is -0.374 e. The Labute approximate surface area is 109 Å². The molecule has 3 atom stereocenters. The van der Waals surface area contributed by atoms with Crippen LogP contribution in [-0.2, 0) is 9.53 Å². The van der Waals surface area contributed by atoms with Crippen molar-refractivity contribution in [2.45, 2.75) is 19.4 Å². The van der Waals surface area contributed by atoms with Crippen molar-refractivity contribution in [3.63, 3.8) is 0 Å². The summed E-state index contributed by atoms with van der Waals surface area (Å²) in [6.45, 7) is 7.30. The highest BCUT2D eigenvalue weighted by Gasteiger charge is 2.26. The van der Waals surface area contributed by atoms with Gasteiger partial charge in [-0.3, -0.25) is 4.79 Å². The Balaban J connectivity index is 1.70. The van der Waals surface area contributed by atoms with Crippen LogP contribution in [0.1, 0.15) is 13.3 Å². The first-order valence-electron chi connectivity index (χ1n) is 6.93. The third-order valence-electron chi connectivity index (χ3n) is 3.79. The molecule has 0 aromatic rings. The standard InChI is InChI=1S/C13H25N3O2/c1-10-5-11(7-14-6-10)13(17)15-8-12-9-16(2)3-4-18-12/h10-12,14H,3-9H2,1-2H3,(H,15,17). The molecule has 18 heavy (non-hydrogen) atoms. The van der Waals surface area contributed by atoms with Crippen molar-refractivity contribution < 1.29 is 9.53 Å². The molecule has 0 spiro atoms. The average molecular weight is 255 g/mol.